The van der Waals surface area contributed by atoms with Gasteiger partial charge in [-0.05, 0) is 52.0 Å². The SMILES string of the molecule is Cc1ccc(-c2nnc([C@H](C)OC(=O)c3c(C)nn(-c4ccccc4)c3C)o2)cc1. The second-order valence-electron chi connectivity index (χ2n) is 7.15. The third kappa shape index (κ3) is 3.74. The van der Waals surface area contributed by atoms with Crippen molar-refractivity contribution in [3.63, 3.8) is 0 Å². The van der Waals surface area contributed by atoms with E-state index in [9.17, 15) is 4.79 Å². The van der Waals surface area contributed by atoms with Crippen molar-refractivity contribution in [3.8, 4) is 17.1 Å². The summed E-state index contributed by atoms with van der Waals surface area (Å²) in [5, 5.41) is 12.6. The summed E-state index contributed by atoms with van der Waals surface area (Å²) in [4.78, 5) is 12.9. The van der Waals surface area contributed by atoms with Gasteiger partial charge in [0.05, 0.1) is 17.1 Å². The molecule has 0 N–H and O–H groups in total. The molecule has 0 spiro atoms. The summed E-state index contributed by atoms with van der Waals surface area (Å²) in [6.07, 6.45) is -0.692. The monoisotopic (exact) mass is 402 g/mol. The topological polar surface area (TPSA) is 83.0 Å². The first-order valence-electron chi connectivity index (χ1n) is 9.67. The summed E-state index contributed by atoms with van der Waals surface area (Å²) in [5.74, 6) is 0.150. The molecule has 2 heterocycles. The number of para-hydroxylation sites is 1. The average Bonchev–Trinajstić information content (AvgIpc) is 3.34. The first-order valence-corrected chi connectivity index (χ1v) is 9.67. The summed E-state index contributed by atoms with van der Waals surface area (Å²) >= 11 is 0. The molecule has 152 valence electrons. The van der Waals surface area contributed by atoms with E-state index in [4.69, 9.17) is 9.15 Å². The number of carbonyl (C=O) groups excluding carboxylic acids is 1. The third-order valence-electron chi connectivity index (χ3n) is 4.87. The molecule has 1 atom stereocenters. The summed E-state index contributed by atoms with van der Waals surface area (Å²) in [6, 6.07) is 17.4. The van der Waals surface area contributed by atoms with Gasteiger partial charge in [-0.2, -0.15) is 5.10 Å². The fraction of sp³-hybridized carbons (Fsp3) is 0.217. The fourth-order valence-electron chi connectivity index (χ4n) is 3.24. The van der Waals surface area contributed by atoms with E-state index < -0.39 is 12.1 Å². The molecular formula is C23H22N4O3. The number of aromatic nitrogens is 4. The van der Waals surface area contributed by atoms with Crippen LogP contribution in [-0.2, 0) is 4.74 Å². The van der Waals surface area contributed by atoms with Crippen LogP contribution in [0.2, 0.25) is 0 Å². The van der Waals surface area contributed by atoms with Crippen LogP contribution >= 0.6 is 0 Å². The first-order chi connectivity index (χ1) is 14.4. The van der Waals surface area contributed by atoms with Gasteiger partial charge in [0.25, 0.3) is 5.89 Å². The zero-order chi connectivity index (χ0) is 21.3. The molecule has 4 rings (SSSR count). The quantitative estimate of drug-likeness (QED) is 0.447. The number of hydrogen-bond donors (Lipinski definition) is 0. The summed E-state index contributed by atoms with van der Waals surface area (Å²) in [6.45, 7) is 7.34. The van der Waals surface area contributed by atoms with Gasteiger partial charge in [-0.15, -0.1) is 10.2 Å². The number of hydrogen-bond acceptors (Lipinski definition) is 6. The smallest absolute Gasteiger partial charge is 0.342 e. The number of ether oxygens (including phenoxy) is 1. The summed E-state index contributed by atoms with van der Waals surface area (Å²) in [5.41, 5.74) is 4.58. The van der Waals surface area contributed by atoms with E-state index in [1.54, 1.807) is 18.5 Å². The Morgan fingerprint density at radius 3 is 2.40 bits per heavy atom. The normalized spacial score (nSPS) is 12.0. The molecule has 2 aromatic carbocycles. The van der Waals surface area contributed by atoms with Gasteiger partial charge in [-0.3, -0.25) is 0 Å². The van der Waals surface area contributed by atoms with Crippen LogP contribution in [0.3, 0.4) is 0 Å². The molecule has 7 nitrogen and oxygen atoms in total. The second-order valence-corrected chi connectivity index (χ2v) is 7.15. The van der Waals surface area contributed by atoms with Crippen molar-refractivity contribution < 1.29 is 13.9 Å². The molecule has 0 aliphatic heterocycles. The Balaban J connectivity index is 1.53. The first kappa shape index (κ1) is 19.6. The van der Waals surface area contributed by atoms with Gasteiger partial charge in [0.15, 0.2) is 6.10 Å². The Labute approximate surface area is 174 Å². The Morgan fingerprint density at radius 1 is 1.00 bits per heavy atom. The Bertz CT molecular complexity index is 1180. The van der Waals surface area contributed by atoms with E-state index >= 15 is 0 Å². The van der Waals surface area contributed by atoms with E-state index in [1.807, 2.05) is 68.4 Å². The zero-order valence-electron chi connectivity index (χ0n) is 17.3. The molecule has 0 radical (unpaired) electrons. The van der Waals surface area contributed by atoms with E-state index in [-0.39, 0.29) is 5.89 Å². The van der Waals surface area contributed by atoms with Crippen LogP contribution in [0.5, 0.6) is 0 Å². The van der Waals surface area contributed by atoms with Crippen molar-refractivity contribution in [2.45, 2.75) is 33.8 Å². The van der Waals surface area contributed by atoms with Crippen LogP contribution in [0.25, 0.3) is 17.1 Å². The van der Waals surface area contributed by atoms with E-state index in [1.165, 1.54) is 0 Å². The highest BCUT2D eigenvalue weighted by Crippen LogP contribution is 2.25. The van der Waals surface area contributed by atoms with Gasteiger partial charge in [-0.25, -0.2) is 9.48 Å². The van der Waals surface area contributed by atoms with Crippen molar-refractivity contribution in [2.24, 2.45) is 0 Å². The molecule has 0 fully saturated rings. The van der Waals surface area contributed by atoms with Crippen LogP contribution in [-0.4, -0.2) is 25.9 Å². The molecule has 0 bridgehead atoms. The molecule has 0 aliphatic carbocycles. The van der Waals surface area contributed by atoms with Crippen molar-refractivity contribution in [1.82, 2.24) is 20.0 Å². The van der Waals surface area contributed by atoms with Crippen LogP contribution in [0.1, 0.15) is 46.2 Å². The molecule has 0 amide bonds. The maximum atomic E-state index is 12.9. The van der Waals surface area contributed by atoms with Gasteiger partial charge in [0.2, 0.25) is 5.89 Å². The maximum absolute atomic E-state index is 12.9. The van der Waals surface area contributed by atoms with Crippen molar-refractivity contribution in [3.05, 3.63) is 83.0 Å². The zero-order valence-corrected chi connectivity index (χ0v) is 17.3. The minimum atomic E-state index is -0.692. The number of aryl methyl sites for hydroxylation is 2. The summed E-state index contributed by atoms with van der Waals surface area (Å²) < 4.78 is 13.1. The van der Waals surface area contributed by atoms with Crippen molar-refractivity contribution >= 4 is 5.97 Å². The third-order valence-corrected chi connectivity index (χ3v) is 4.87. The van der Waals surface area contributed by atoms with Crippen molar-refractivity contribution in [2.75, 3.05) is 0 Å². The Hall–Kier alpha value is -3.74. The molecule has 30 heavy (non-hydrogen) atoms. The number of esters is 1. The molecular weight excluding hydrogens is 380 g/mol. The van der Waals surface area contributed by atoms with Crippen molar-refractivity contribution in [1.29, 1.82) is 0 Å². The highest BCUT2D eigenvalue weighted by Gasteiger charge is 2.25. The molecule has 2 aromatic heterocycles. The number of rotatable bonds is 5. The van der Waals surface area contributed by atoms with Gasteiger partial charge < -0.3 is 9.15 Å². The van der Waals surface area contributed by atoms with E-state index in [2.05, 4.69) is 15.3 Å². The maximum Gasteiger partial charge on any atom is 0.342 e. The van der Waals surface area contributed by atoms with Crippen LogP contribution < -0.4 is 0 Å². The largest absolute Gasteiger partial charge is 0.449 e. The van der Waals surface area contributed by atoms with Gasteiger partial charge >= 0.3 is 5.97 Å². The minimum Gasteiger partial charge on any atom is -0.449 e. The minimum absolute atomic E-state index is 0.240. The molecule has 0 unspecified atom stereocenters. The molecule has 7 heteroatoms. The van der Waals surface area contributed by atoms with E-state index in [0.717, 1.165) is 16.8 Å². The lowest BCUT2D eigenvalue weighted by atomic mass is 10.1. The van der Waals surface area contributed by atoms with Crippen LogP contribution in [0.15, 0.2) is 59.0 Å². The summed E-state index contributed by atoms with van der Waals surface area (Å²) in [7, 11) is 0. The van der Waals surface area contributed by atoms with Gasteiger partial charge in [0.1, 0.15) is 5.56 Å². The lowest BCUT2D eigenvalue weighted by molar-refractivity contribution is 0.0278. The predicted molar refractivity (Wildman–Crippen MR) is 111 cm³/mol. The fourth-order valence-corrected chi connectivity index (χ4v) is 3.24. The molecule has 0 aliphatic rings. The second kappa shape index (κ2) is 7.94. The number of benzene rings is 2. The Morgan fingerprint density at radius 2 is 1.70 bits per heavy atom. The number of carbonyl (C=O) groups is 1. The molecule has 4 aromatic rings. The van der Waals surface area contributed by atoms with E-state index in [0.29, 0.717) is 22.8 Å². The molecule has 0 saturated heterocycles. The lowest BCUT2D eigenvalue weighted by Gasteiger charge is -2.10. The lowest BCUT2D eigenvalue weighted by Crippen LogP contribution is -2.11. The average molecular weight is 402 g/mol. The highest BCUT2D eigenvalue weighted by atomic mass is 16.6. The predicted octanol–water partition coefficient (Wildman–Crippen LogP) is 4.77. The van der Waals surface area contributed by atoms with Crippen LogP contribution in [0, 0.1) is 20.8 Å². The van der Waals surface area contributed by atoms with Gasteiger partial charge in [-0.1, -0.05) is 35.9 Å². The standard InChI is InChI=1S/C23H22N4O3/c1-14-10-12-18(13-11-14)22-25-24-21(30-22)17(4)29-23(28)20-15(2)26-27(16(20)3)19-8-6-5-7-9-19/h5-13,17H,1-4H3/t17-/m0/s1. The van der Waals surface area contributed by atoms with Gasteiger partial charge in [0, 0.05) is 5.56 Å². The highest BCUT2D eigenvalue weighted by molar-refractivity contribution is 5.92. The number of nitrogens with zero attached hydrogens (tertiary/aromatic N) is 4. The Kier molecular flexibility index (Phi) is 5.18. The molecule has 0 saturated carbocycles. The van der Waals surface area contributed by atoms with Crippen LogP contribution in [0.4, 0.5) is 0 Å².